The smallest absolute Gasteiger partial charge is 0.252 e. The van der Waals surface area contributed by atoms with Crippen LogP contribution < -0.4 is 15.5 Å². The van der Waals surface area contributed by atoms with Crippen molar-refractivity contribution in [1.82, 2.24) is 15.6 Å². The number of rotatable bonds is 7. The summed E-state index contributed by atoms with van der Waals surface area (Å²) in [5.41, 5.74) is 0.841. The second kappa shape index (κ2) is 8.29. The number of nitrogens with zero attached hydrogens (tertiary/aromatic N) is 2. The predicted octanol–water partition coefficient (Wildman–Crippen LogP) is 2.44. The van der Waals surface area contributed by atoms with Crippen LogP contribution in [0.15, 0.2) is 18.3 Å². The zero-order valence-electron chi connectivity index (χ0n) is 14.7. The Morgan fingerprint density at radius 2 is 2.09 bits per heavy atom. The number of nitrogens with one attached hydrogen (secondary N) is 2. The van der Waals surface area contributed by atoms with Gasteiger partial charge in [0.15, 0.2) is 0 Å². The minimum atomic E-state index is -0.0256. The van der Waals surface area contributed by atoms with Crippen LogP contribution in [0, 0.1) is 5.41 Å². The Bertz CT molecular complexity index is 494. The van der Waals surface area contributed by atoms with Crippen LogP contribution >= 0.6 is 0 Å². The van der Waals surface area contributed by atoms with Crippen LogP contribution in [0.25, 0.3) is 0 Å². The zero-order valence-corrected chi connectivity index (χ0v) is 14.7. The van der Waals surface area contributed by atoms with Crippen LogP contribution in [-0.4, -0.2) is 43.6 Å². The van der Waals surface area contributed by atoms with E-state index in [1.165, 1.54) is 0 Å². The Labute approximate surface area is 139 Å². The highest BCUT2D eigenvalue weighted by Gasteiger charge is 2.27. The molecule has 0 radical (unpaired) electrons. The number of aromatic nitrogens is 1. The van der Waals surface area contributed by atoms with Crippen molar-refractivity contribution in [2.75, 3.05) is 37.6 Å². The molecule has 0 atom stereocenters. The molecule has 1 aromatic rings. The number of hydrogen-bond acceptors (Lipinski definition) is 4. The Hall–Kier alpha value is -1.62. The summed E-state index contributed by atoms with van der Waals surface area (Å²) in [5.74, 6) is 0.915. The predicted molar refractivity (Wildman–Crippen MR) is 95.0 cm³/mol. The first-order valence-electron chi connectivity index (χ1n) is 8.78. The number of carbonyl (C=O) groups excluding carboxylic acids is 1. The molecule has 0 bridgehead atoms. The fourth-order valence-electron chi connectivity index (χ4n) is 3.01. The first-order chi connectivity index (χ1) is 11.1. The van der Waals surface area contributed by atoms with Crippen LogP contribution in [-0.2, 0) is 0 Å². The van der Waals surface area contributed by atoms with E-state index in [4.69, 9.17) is 0 Å². The molecular formula is C18H30N4O. The summed E-state index contributed by atoms with van der Waals surface area (Å²) < 4.78 is 0. The summed E-state index contributed by atoms with van der Waals surface area (Å²) in [6.45, 7) is 11.2. The summed E-state index contributed by atoms with van der Waals surface area (Å²) in [6, 6.07) is 3.82. The maximum absolute atomic E-state index is 12.3. The van der Waals surface area contributed by atoms with Crippen LogP contribution in [0.1, 0.15) is 50.4 Å². The third-order valence-electron chi connectivity index (χ3n) is 4.70. The summed E-state index contributed by atoms with van der Waals surface area (Å²) in [5, 5.41) is 6.44. The van der Waals surface area contributed by atoms with Gasteiger partial charge in [0.25, 0.3) is 5.91 Å². The van der Waals surface area contributed by atoms with Crippen molar-refractivity contribution >= 4 is 11.7 Å². The molecule has 1 aliphatic rings. The molecule has 128 valence electrons. The van der Waals surface area contributed by atoms with Crippen molar-refractivity contribution in [2.24, 2.45) is 5.41 Å². The van der Waals surface area contributed by atoms with Crippen molar-refractivity contribution in [1.29, 1.82) is 0 Å². The molecule has 23 heavy (non-hydrogen) atoms. The third-order valence-corrected chi connectivity index (χ3v) is 4.70. The molecule has 2 heterocycles. The molecule has 0 aliphatic carbocycles. The van der Waals surface area contributed by atoms with Crippen molar-refractivity contribution in [3.63, 3.8) is 0 Å². The van der Waals surface area contributed by atoms with E-state index in [0.717, 1.165) is 57.8 Å². The van der Waals surface area contributed by atoms with Gasteiger partial charge >= 0.3 is 0 Å². The van der Waals surface area contributed by atoms with Gasteiger partial charge in [0.05, 0.1) is 5.56 Å². The summed E-state index contributed by atoms with van der Waals surface area (Å²) in [4.78, 5) is 19.0. The summed E-state index contributed by atoms with van der Waals surface area (Å²) in [6.07, 6.45) is 4.98. The molecule has 0 spiro atoms. The van der Waals surface area contributed by atoms with E-state index >= 15 is 0 Å². The van der Waals surface area contributed by atoms with Crippen LogP contribution in [0.3, 0.4) is 0 Å². The van der Waals surface area contributed by atoms with Gasteiger partial charge in [0.1, 0.15) is 5.82 Å². The van der Waals surface area contributed by atoms with E-state index in [2.05, 4.69) is 41.3 Å². The van der Waals surface area contributed by atoms with Crippen LogP contribution in [0.5, 0.6) is 0 Å². The Morgan fingerprint density at radius 1 is 1.35 bits per heavy atom. The molecule has 1 fully saturated rings. The fraction of sp³-hybridized carbons (Fsp3) is 0.667. The molecule has 5 nitrogen and oxygen atoms in total. The van der Waals surface area contributed by atoms with Gasteiger partial charge in [0.2, 0.25) is 0 Å². The van der Waals surface area contributed by atoms with E-state index in [9.17, 15) is 4.79 Å². The largest absolute Gasteiger partial charge is 0.357 e. The quantitative estimate of drug-likeness (QED) is 0.811. The normalized spacial score (nSPS) is 16.8. The van der Waals surface area contributed by atoms with Gasteiger partial charge in [-0.15, -0.1) is 0 Å². The van der Waals surface area contributed by atoms with Crippen molar-refractivity contribution in [3.05, 3.63) is 23.9 Å². The minimum absolute atomic E-state index is 0.0256. The van der Waals surface area contributed by atoms with Gasteiger partial charge in [0, 0.05) is 25.8 Å². The minimum Gasteiger partial charge on any atom is -0.357 e. The number of anilines is 1. The number of hydrogen-bond donors (Lipinski definition) is 2. The van der Waals surface area contributed by atoms with E-state index in [1.54, 1.807) is 6.20 Å². The number of carbonyl (C=O) groups is 1. The Balaban J connectivity index is 1.92. The lowest BCUT2D eigenvalue weighted by Gasteiger charge is -2.34. The molecule has 1 saturated heterocycles. The number of amides is 1. The van der Waals surface area contributed by atoms with Crippen LogP contribution in [0.2, 0.25) is 0 Å². The number of pyridine rings is 1. The SMILES string of the molecule is CCCN(CC)c1ccc(C(=O)NCC2(C)CCNCC2)cn1. The van der Waals surface area contributed by atoms with Gasteiger partial charge < -0.3 is 15.5 Å². The first kappa shape index (κ1) is 17.7. The highest BCUT2D eigenvalue weighted by atomic mass is 16.1. The molecule has 0 unspecified atom stereocenters. The van der Waals surface area contributed by atoms with E-state index in [1.807, 2.05) is 12.1 Å². The van der Waals surface area contributed by atoms with Gasteiger partial charge in [-0.05, 0) is 56.8 Å². The molecule has 1 aliphatic heterocycles. The lowest BCUT2D eigenvalue weighted by Crippen LogP contribution is -2.42. The zero-order chi connectivity index (χ0) is 16.7. The van der Waals surface area contributed by atoms with Gasteiger partial charge in [-0.3, -0.25) is 4.79 Å². The third kappa shape index (κ3) is 4.93. The lowest BCUT2D eigenvalue weighted by atomic mass is 9.81. The summed E-state index contributed by atoms with van der Waals surface area (Å²) >= 11 is 0. The maximum atomic E-state index is 12.3. The molecule has 2 N–H and O–H groups in total. The fourth-order valence-corrected chi connectivity index (χ4v) is 3.01. The van der Waals surface area contributed by atoms with Gasteiger partial charge in [-0.25, -0.2) is 4.98 Å². The maximum Gasteiger partial charge on any atom is 0.252 e. The van der Waals surface area contributed by atoms with Crippen LogP contribution in [0.4, 0.5) is 5.82 Å². The van der Waals surface area contributed by atoms with Crippen molar-refractivity contribution < 1.29 is 4.79 Å². The average Bonchev–Trinajstić information content (AvgIpc) is 2.58. The first-order valence-corrected chi connectivity index (χ1v) is 8.78. The second-order valence-corrected chi connectivity index (χ2v) is 6.73. The lowest BCUT2D eigenvalue weighted by molar-refractivity contribution is 0.0922. The molecule has 2 rings (SSSR count). The Morgan fingerprint density at radius 3 is 2.65 bits per heavy atom. The topological polar surface area (TPSA) is 57.3 Å². The molecule has 0 aromatic carbocycles. The van der Waals surface area contributed by atoms with E-state index < -0.39 is 0 Å². The molecule has 1 aromatic heterocycles. The average molecular weight is 318 g/mol. The van der Waals surface area contributed by atoms with Gasteiger partial charge in [-0.2, -0.15) is 0 Å². The molecule has 5 heteroatoms. The monoisotopic (exact) mass is 318 g/mol. The molecule has 1 amide bonds. The highest BCUT2D eigenvalue weighted by Crippen LogP contribution is 2.26. The van der Waals surface area contributed by atoms with Gasteiger partial charge in [-0.1, -0.05) is 13.8 Å². The van der Waals surface area contributed by atoms with Crippen molar-refractivity contribution in [2.45, 2.75) is 40.0 Å². The summed E-state index contributed by atoms with van der Waals surface area (Å²) in [7, 11) is 0. The van der Waals surface area contributed by atoms with E-state index in [-0.39, 0.29) is 11.3 Å². The highest BCUT2D eigenvalue weighted by molar-refractivity contribution is 5.94. The Kier molecular flexibility index (Phi) is 6.39. The standard InChI is InChI=1S/C18H30N4O/c1-4-12-22(5-2)16-7-6-15(13-20-16)17(23)21-14-18(3)8-10-19-11-9-18/h6-7,13,19H,4-5,8-12,14H2,1-3H3,(H,21,23). The van der Waals surface area contributed by atoms with Crippen molar-refractivity contribution in [3.8, 4) is 0 Å². The number of piperidine rings is 1. The van der Waals surface area contributed by atoms with E-state index in [0.29, 0.717) is 5.56 Å². The molecular weight excluding hydrogens is 288 g/mol. The second-order valence-electron chi connectivity index (χ2n) is 6.73. The molecule has 0 saturated carbocycles.